The molecular formula is C12H21NO2. The summed E-state index contributed by atoms with van der Waals surface area (Å²) in [4.78, 5) is 11.6. The van der Waals surface area contributed by atoms with Gasteiger partial charge in [0.1, 0.15) is 6.10 Å². The maximum absolute atomic E-state index is 11.6. The number of piperidine rings is 1. The maximum Gasteiger partial charge on any atom is 0.308 e. The van der Waals surface area contributed by atoms with Crippen LogP contribution in [0, 0.1) is 5.92 Å². The lowest BCUT2D eigenvalue weighted by molar-refractivity contribution is -0.155. The summed E-state index contributed by atoms with van der Waals surface area (Å²) in [6.07, 6.45) is 5.57. The van der Waals surface area contributed by atoms with Crippen molar-refractivity contribution in [2.75, 3.05) is 0 Å². The van der Waals surface area contributed by atoms with Gasteiger partial charge in [0.2, 0.25) is 0 Å². The van der Waals surface area contributed by atoms with Gasteiger partial charge in [0, 0.05) is 12.1 Å². The van der Waals surface area contributed by atoms with E-state index in [1.54, 1.807) is 0 Å². The van der Waals surface area contributed by atoms with Crippen LogP contribution in [0.2, 0.25) is 0 Å². The highest BCUT2D eigenvalue weighted by Crippen LogP contribution is 2.29. The average Bonchev–Trinajstić information content (AvgIpc) is 2.57. The second kappa shape index (κ2) is 4.52. The number of carbonyl (C=O) groups is 1. The molecule has 2 rings (SSSR count). The van der Waals surface area contributed by atoms with Crippen LogP contribution in [0.15, 0.2) is 0 Å². The third-order valence-electron chi connectivity index (χ3n) is 3.73. The molecule has 3 nitrogen and oxygen atoms in total. The second-order valence-electron chi connectivity index (χ2n) is 4.98. The lowest BCUT2D eigenvalue weighted by Gasteiger charge is -2.29. The third kappa shape index (κ3) is 2.51. The molecule has 2 aliphatic heterocycles. The number of rotatable bonds is 3. The van der Waals surface area contributed by atoms with E-state index in [2.05, 4.69) is 5.32 Å². The molecule has 0 saturated carbocycles. The molecule has 2 aliphatic rings. The van der Waals surface area contributed by atoms with Gasteiger partial charge in [-0.3, -0.25) is 4.79 Å². The summed E-state index contributed by atoms with van der Waals surface area (Å²) in [5, 5.41) is 3.55. The van der Waals surface area contributed by atoms with Crippen molar-refractivity contribution >= 4 is 5.97 Å². The number of ether oxygens (including phenoxy) is 1. The Balaban J connectivity index is 1.82. The van der Waals surface area contributed by atoms with Crippen LogP contribution in [0.25, 0.3) is 0 Å². The minimum atomic E-state index is -0.0104. The first-order chi connectivity index (χ1) is 7.19. The van der Waals surface area contributed by atoms with E-state index in [-0.39, 0.29) is 18.0 Å². The van der Waals surface area contributed by atoms with Gasteiger partial charge in [0.05, 0.1) is 5.92 Å². The first kappa shape index (κ1) is 10.9. The summed E-state index contributed by atoms with van der Waals surface area (Å²) in [6.45, 7) is 3.97. The maximum atomic E-state index is 11.6. The van der Waals surface area contributed by atoms with Gasteiger partial charge in [-0.1, -0.05) is 13.8 Å². The molecule has 86 valence electrons. The van der Waals surface area contributed by atoms with E-state index >= 15 is 0 Å². The molecule has 0 aliphatic carbocycles. The first-order valence-electron chi connectivity index (χ1n) is 6.15. The summed E-state index contributed by atoms with van der Waals surface area (Å²) in [7, 11) is 0. The molecule has 0 aromatic rings. The van der Waals surface area contributed by atoms with Crippen molar-refractivity contribution in [3.63, 3.8) is 0 Å². The Labute approximate surface area is 91.6 Å². The zero-order chi connectivity index (χ0) is 10.8. The molecule has 0 amide bonds. The normalized spacial score (nSPS) is 36.3. The summed E-state index contributed by atoms with van der Waals surface area (Å²) in [5.41, 5.74) is 0. The Morgan fingerprint density at radius 2 is 2.00 bits per heavy atom. The van der Waals surface area contributed by atoms with Gasteiger partial charge in [0.15, 0.2) is 0 Å². The minimum Gasteiger partial charge on any atom is -0.462 e. The van der Waals surface area contributed by atoms with Crippen LogP contribution >= 0.6 is 0 Å². The van der Waals surface area contributed by atoms with E-state index in [0.717, 1.165) is 19.3 Å². The number of carbonyl (C=O) groups excluding carboxylic acids is 1. The van der Waals surface area contributed by atoms with E-state index in [1.807, 2.05) is 13.8 Å². The standard InChI is InChI=1S/C12H21NO2/c1-3-8(2)12(14)15-11-6-9-4-5-10(7-11)13-9/h8-11,13H,3-7H2,1-2H3/t8?,9-,10+,11?. The molecule has 2 heterocycles. The molecule has 0 radical (unpaired) electrons. The fraction of sp³-hybridized carbons (Fsp3) is 0.917. The minimum absolute atomic E-state index is 0.0104. The molecule has 0 spiro atoms. The van der Waals surface area contributed by atoms with Crippen molar-refractivity contribution in [3.8, 4) is 0 Å². The fourth-order valence-corrected chi connectivity index (χ4v) is 2.55. The SMILES string of the molecule is CCC(C)C(=O)OC1C[C@H]2CC[C@@H](C1)N2. The summed E-state index contributed by atoms with van der Waals surface area (Å²) in [5.74, 6) is 0.0429. The number of hydrogen-bond acceptors (Lipinski definition) is 3. The highest BCUT2D eigenvalue weighted by Gasteiger charge is 2.35. The van der Waals surface area contributed by atoms with Gasteiger partial charge < -0.3 is 10.1 Å². The summed E-state index contributed by atoms with van der Waals surface area (Å²) < 4.78 is 5.55. The van der Waals surface area contributed by atoms with Crippen molar-refractivity contribution in [2.45, 2.75) is 64.1 Å². The number of hydrogen-bond donors (Lipinski definition) is 1. The van der Waals surface area contributed by atoms with Crippen LogP contribution in [0.5, 0.6) is 0 Å². The topological polar surface area (TPSA) is 38.3 Å². The van der Waals surface area contributed by atoms with E-state index in [9.17, 15) is 4.79 Å². The molecule has 0 aromatic heterocycles. The predicted octanol–water partition coefficient (Wildman–Crippen LogP) is 1.86. The number of fused-ring (bicyclic) bond motifs is 2. The Morgan fingerprint density at radius 1 is 1.40 bits per heavy atom. The zero-order valence-electron chi connectivity index (χ0n) is 9.66. The largest absolute Gasteiger partial charge is 0.462 e. The van der Waals surface area contributed by atoms with Crippen molar-refractivity contribution in [3.05, 3.63) is 0 Å². The van der Waals surface area contributed by atoms with E-state index in [4.69, 9.17) is 4.74 Å². The van der Waals surface area contributed by atoms with Crippen LogP contribution in [0.1, 0.15) is 46.0 Å². The van der Waals surface area contributed by atoms with Gasteiger partial charge in [-0.15, -0.1) is 0 Å². The highest BCUT2D eigenvalue weighted by atomic mass is 16.5. The van der Waals surface area contributed by atoms with Crippen molar-refractivity contribution < 1.29 is 9.53 Å². The van der Waals surface area contributed by atoms with Gasteiger partial charge in [-0.25, -0.2) is 0 Å². The molecule has 2 unspecified atom stereocenters. The van der Waals surface area contributed by atoms with Gasteiger partial charge >= 0.3 is 5.97 Å². The molecule has 2 saturated heterocycles. The Bertz CT molecular complexity index is 230. The van der Waals surface area contributed by atoms with E-state index in [1.165, 1.54) is 12.8 Å². The highest BCUT2D eigenvalue weighted by molar-refractivity contribution is 5.72. The Morgan fingerprint density at radius 3 is 2.53 bits per heavy atom. The predicted molar refractivity (Wildman–Crippen MR) is 58.5 cm³/mol. The van der Waals surface area contributed by atoms with Crippen LogP contribution in [0.4, 0.5) is 0 Å². The van der Waals surface area contributed by atoms with Crippen molar-refractivity contribution in [2.24, 2.45) is 5.92 Å². The Kier molecular flexibility index (Phi) is 3.29. The zero-order valence-corrected chi connectivity index (χ0v) is 9.66. The monoisotopic (exact) mass is 211 g/mol. The van der Waals surface area contributed by atoms with Crippen LogP contribution in [0.3, 0.4) is 0 Å². The molecular weight excluding hydrogens is 190 g/mol. The van der Waals surface area contributed by atoms with Crippen molar-refractivity contribution in [1.29, 1.82) is 0 Å². The molecule has 2 bridgehead atoms. The van der Waals surface area contributed by atoms with Crippen LogP contribution in [-0.2, 0) is 9.53 Å². The molecule has 1 N–H and O–H groups in total. The average molecular weight is 211 g/mol. The first-order valence-corrected chi connectivity index (χ1v) is 6.15. The van der Waals surface area contributed by atoms with Gasteiger partial charge in [-0.2, -0.15) is 0 Å². The lowest BCUT2D eigenvalue weighted by atomic mass is 10.0. The Hall–Kier alpha value is -0.570. The summed E-state index contributed by atoms with van der Waals surface area (Å²) in [6, 6.07) is 1.19. The molecule has 3 heteroatoms. The van der Waals surface area contributed by atoms with Gasteiger partial charge in [-0.05, 0) is 32.1 Å². The van der Waals surface area contributed by atoms with Crippen molar-refractivity contribution in [1.82, 2.24) is 5.32 Å². The molecule has 15 heavy (non-hydrogen) atoms. The quantitative estimate of drug-likeness (QED) is 0.724. The van der Waals surface area contributed by atoms with Crippen LogP contribution in [-0.4, -0.2) is 24.2 Å². The summed E-state index contributed by atoms with van der Waals surface area (Å²) >= 11 is 0. The smallest absolute Gasteiger partial charge is 0.308 e. The molecule has 2 fully saturated rings. The number of esters is 1. The number of nitrogens with one attached hydrogen (secondary N) is 1. The fourth-order valence-electron chi connectivity index (χ4n) is 2.55. The van der Waals surface area contributed by atoms with E-state index in [0.29, 0.717) is 12.1 Å². The van der Waals surface area contributed by atoms with Gasteiger partial charge in [0.25, 0.3) is 0 Å². The molecule has 0 aromatic carbocycles. The van der Waals surface area contributed by atoms with Crippen LogP contribution < -0.4 is 5.32 Å². The second-order valence-corrected chi connectivity index (χ2v) is 4.98. The molecule has 4 atom stereocenters. The lowest BCUT2D eigenvalue weighted by Crippen LogP contribution is -2.42. The third-order valence-corrected chi connectivity index (χ3v) is 3.73. The van der Waals surface area contributed by atoms with E-state index < -0.39 is 0 Å².